The molecule has 0 aliphatic carbocycles. The lowest BCUT2D eigenvalue weighted by Crippen LogP contribution is -2.46. The number of carbonyl (C=O) groups excluding carboxylic acids is 2. The predicted octanol–water partition coefficient (Wildman–Crippen LogP) is 2.79. The summed E-state index contributed by atoms with van der Waals surface area (Å²) in [5.41, 5.74) is 1.83. The largest absolute Gasteiger partial charge is 0.350 e. The lowest BCUT2D eigenvalue weighted by Gasteiger charge is -2.27. The molecule has 2 rings (SSSR count). The number of hydrogen-bond donors (Lipinski definition) is 1. The summed E-state index contributed by atoms with van der Waals surface area (Å²) in [6.07, 6.45) is 3.37. The van der Waals surface area contributed by atoms with E-state index in [2.05, 4.69) is 10.3 Å². The summed E-state index contributed by atoms with van der Waals surface area (Å²) in [6.45, 7) is 3.91. The molecular weight excluding hydrogens is 326 g/mol. The maximum atomic E-state index is 12.4. The molecule has 0 bridgehead atoms. The quantitative estimate of drug-likeness (QED) is 0.875. The molecule has 2 amide bonds. The molecule has 1 aromatic heterocycles. The van der Waals surface area contributed by atoms with Crippen LogP contribution in [0, 0.1) is 0 Å². The van der Waals surface area contributed by atoms with Crippen molar-refractivity contribution in [3.8, 4) is 0 Å². The highest BCUT2D eigenvalue weighted by Crippen LogP contribution is 2.13. The van der Waals surface area contributed by atoms with Gasteiger partial charge >= 0.3 is 0 Å². The Labute approximate surface area is 146 Å². The number of pyridine rings is 1. The maximum absolute atomic E-state index is 12.4. The fraction of sp³-hybridized carbons (Fsp3) is 0.278. The third-order valence-corrected chi connectivity index (χ3v) is 3.96. The highest BCUT2D eigenvalue weighted by Gasteiger charge is 2.23. The molecule has 0 saturated carbocycles. The summed E-state index contributed by atoms with van der Waals surface area (Å²) in [5, 5.41) is 3.47. The zero-order chi connectivity index (χ0) is 17.5. The fourth-order valence-electron chi connectivity index (χ4n) is 2.29. The average Bonchev–Trinajstić information content (AvgIpc) is 2.59. The number of carbonyl (C=O) groups is 2. The van der Waals surface area contributed by atoms with Crippen molar-refractivity contribution in [3.05, 3.63) is 64.9 Å². The van der Waals surface area contributed by atoms with Crippen LogP contribution >= 0.6 is 11.6 Å². The van der Waals surface area contributed by atoms with Gasteiger partial charge in [0.05, 0.1) is 0 Å². The first-order valence-corrected chi connectivity index (χ1v) is 8.03. The average molecular weight is 346 g/mol. The van der Waals surface area contributed by atoms with Gasteiger partial charge in [-0.05, 0) is 36.2 Å². The van der Waals surface area contributed by atoms with Gasteiger partial charge < -0.3 is 10.2 Å². The van der Waals surface area contributed by atoms with Gasteiger partial charge in [0.15, 0.2) is 0 Å². The maximum Gasteiger partial charge on any atom is 0.242 e. The Bertz CT molecular complexity index is 689. The van der Waals surface area contributed by atoms with Crippen LogP contribution in [0.25, 0.3) is 0 Å². The standard InChI is InChI=1S/C18H20ClN3O2/c1-13(18(24)21-11-16-4-3-9-20-10-16)22(14(2)23)12-15-5-7-17(19)8-6-15/h3-10,13H,11-12H2,1-2H3,(H,21,24)/t13-/m0/s1. The van der Waals surface area contributed by atoms with E-state index in [1.807, 2.05) is 24.3 Å². The lowest BCUT2D eigenvalue weighted by molar-refractivity contribution is -0.139. The molecule has 24 heavy (non-hydrogen) atoms. The van der Waals surface area contributed by atoms with Gasteiger partial charge in [0.25, 0.3) is 0 Å². The van der Waals surface area contributed by atoms with Crippen molar-refractivity contribution in [3.63, 3.8) is 0 Å². The molecule has 1 N–H and O–H groups in total. The molecule has 0 radical (unpaired) electrons. The normalized spacial score (nSPS) is 11.6. The SMILES string of the molecule is CC(=O)N(Cc1ccc(Cl)cc1)[C@@H](C)C(=O)NCc1cccnc1. The molecule has 5 nitrogen and oxygen atoms in total. The number of hydrogen-bond acceptors (Lipinski definition) is 3. The van der Waals surface area contributed by atoms with E-state index in [-0.39, 0.29) is 11.8 Å². The van der Waals surface area contributed by atoms with E-state index in [9.17, 15) is 9.59 Å². The monoisotopic (exact) mass is 345 g/mol. The number of rotatable bonds is 6. The summed E-state index contributed by atoms with van der Waals surface area (Å²) in [6, 6.07) is 10.3. The summed E-state index contributed by atoms with van der Waals surface area (Å²) in [7, 11) is 0. The number of benzene rings is 1. The predicted molar refractivity (Wildman–Crippen MR) is 93.2 cm³/mol. The summed E-state index contributed by atoms with van der Waals surface area (Å²) in [4.78, 5) is 29.8. The van der Waals surface area contributed by atoms with E-state index in [1.54, 1.807) is 31.5 Å². The molecule has 0 aliphatic rings. The molecular formula is C18H20ClN3O2. The Morgan fingerprint density at radius 2 is 1.92 bits per heavy atom. The van der Waals surface area contributed by atoms with Crippen molar-refractivity contribution in [1.82, 2.24) is 15.2 Å². The van der Waals surface area contributed by atoms with Crippen LogP contribution in [0.2, 0.25) is 5.02 Å². The van der Waals surface area contributed by atoms with E-state index in [0.717, 1.165) is 11.1 Å². The number of nitrogens with zero attached hydrogens (tertiary/aromatic N) is 2. The first kappa shape index (κ1) is 17.9. The smallest absolute Gasteiger partial charge is 0.242 e. The molecule has 0 fully saturated rings. The second-order valence-electron chi connectivity index (χ2n) is 5.53. The van der Waals surface area contributed by atoms with Gasteiger partial charge in [0.1, 0.15) is 6.04 Å². The van der Waals surface area contributed by atoms with Gasteiger partial charge in [0.2, 0.25) is 11.8 Å². The first-order chi connectivity index (χ1) is 11.5. The second-order valence-corrected chi connectivity index (χ2v) is 5.96. The minimum atomic E-state index is -0.574. The highest BCUT2D eigenvalue weighted by atomic mass is 35.5. The van der Waals surface area contributed by atoms with Gasteiger partial charge in [0, 0.05) is 37.4 Å². The Morgan fingerprint density at radius 3 is 2.50 bits per heavy atom. The van der Waals surface area contributed by atoms with E-state index in [0.29, 0.717) is 18.1 Å². The lowest BCUT2D eigenvalue weighted by atomic mass is 10.1. The molecule has 126 valence electrons. The van der Waals surface area contributed by atoms with Crippen molar-refractivity contribution in [2.75, 3.05) is 0 Å². The minimum absolute atomic E-state index is 0.158. The molecule has 0 spiro atoms. The van der Waals surface area contributed by atoms with Crippen LogP contribution in [-0.4, -0.2) is 27.7 Å². The van der Waals surface area contributed by atoms with E-state index in [1.165, 1.54) is 11.8 Å². The third kappa shape index (κ3) is 5.06. The Kier molecular flexibility index (Phi) is 6.32. The fourth-order valence-corrected chi connectivity index (χ4v) is 2.41. The van der Waals surface area contributed by atoms with Crippen molar-refractivity contribution in [2.45, 2.75) is 33.0 Å². The van der Waals surface area contributed by atoms with Crippen molar-refractivity contribution < 1.29 is 9.59 Å². The Balaban J connectivity index is 1.99. The van der Waals surface area contributed by atoms with Gasteiger partial charge in [-0.2, -0.15) is 0 Å². The van der Waals surface area contributed by atoms with Crippen molar-refractivity contribution >= 4 is 23.4 Å². The summed E-state index contributed by atoms with van der Waals surface area (Å²) < 4.78 is 0. The number of nitrogens with one attached hydrogen (secondary N) is 1. The summed E-state index contributed by atoms with van der Waals surface area (Å²) in [5.74, 6) is -0.364. The van der Waals surface area contributed by atoms with Crippen LogP contribution in [0.1, 0.15) is 25.0 Å². The summed E-state index contributed by atoms with van der Waals surface area (Å²) >= 11 is 5.87. The molecule has 2 aromatic rings. The minimum Gasteiger partial charge on any atom is -0.350 e. The van der Waals surface area contributed by atoms with Crippen molar-refractivity contribution in [2.24, 2.45) is 0 Å². The second kappa shape index (κ2) is 8.45. The van der Waals surface area contributed by atoms with Crippen LogP contribution in [0.4, 0.5) is 0 Å². The number of halogens is 1. The number of aromatic nitrogens is 1. The van der Waals surface area contributed by atoms with Crippen LogP contribution in [0.3, 0.4) is 0 Å². The first-order valence-electron chi connectivity index (χ1n) is 7.65. The van der Waals surface area contributed by atoms with Crippen LogP contribution < -0.4 is 5.32 Å². The topological polar surface area (TPSA) is 62.3 Å². The van der Waals surface area contributed by atoms with E-state index in [4.69, 9.17) is 11.6 Å². The zero-order valence-corrected chi connectivity index (χ0v) is 14.5. The number of amides is 2. The Hall–Kier alpha value is -2.40. The van der Waals surface area contributed by atoms with Crippen molar-refractivity contribution in [1.29, 1.82) is 0 Å². The molecule has 0 saturated heterocycles. The molecule has 1 heterocycles. The van der Waals surface area contributed by atoms with Gasteiger partial charge in [-0.25, -0.2) is 0 Å². The van der Waals surface area contributed by atoms with E-state index >= 15 is 0 Å². The van der Waals surface area contributed by atoms with Gasteiger partial charge in [-0.15, -0.1) is 0 Å². The van der Waals surface area contributed by atoms with Crippen LogP contribution in [0.5, 0.6) is 0 Å². The third-order valence-electron chi connectivity index (χ3n) is 3.71. The molecule has 1 atom stereocenters. The zero-order valence-electron chi connectivity index (χ0n) is 13.7. The van der Waals surface area contributed by atoms with Crippen LogP contribution in [0.15, 0.2) is 48.8 Å². The van der Waals surface area contributed by atoms with E-state index < -0.39 is 6.04 Å². The molecule has 0 unspecified atom stereocenters. The van der Waals surface area contributed by atoms with Gasteiger partial charge in [-0.1, -0.05) is 29.8 Å². The Morgan fingerprint density at radius 1 is 1.21 bits per heavy atom. The van der Waals surface area contributed by atoms with Gasteiger partial charge in [-0.3, -0.25) is 14.6 Å². The highest BCUT2D eigenvalue weighted by molar-refractivity contribution is 6.30. The molecule has 0 aliphatic heterocycles. The van der Waals surface area contributed by atoms with Crippen LogP contribution in [-0.2, 0) is 22.7 Å². The molecule has 1 aromatic carbocycles. The molecule has 6 heteroatoms.